The Hall–Kier alpha value is -2.82. The molecule has 4 rings (SSSR count). The smallest absolute Gasteiger partial charge is 0.232 e. The summed E-state index contributed by atoms with van der Waals surface area (Å²) in [5.74, 6) is -1.13. The Labute approximate surface area is 156 Å². The van der Waals surface area contributed by atoms with Crippen LogP contribution in [0.25, 0.3) is 33.3 Å². The van der Waals surface area contributed by atoms with Gasteiger partial charge in [0.05, 0.1) is 10.9 Å². The number of hydrogen-bond acceptors (Lipinski definition) is 2. The lowest BCUT2D eigenvalue weighted by molar-refractivity contribution is -0.660. The third-order valence-corrected chi connectivity index (χ3v) is 5.11. The van der Waals surface area contributed by atoms with Crippen molar-refractivity contribution in [3.63, 3.8) is 0 Å². The van der Waals surface area contributed by atoms with Crippen LogP contribution in [0, 0.1) is 25.6 Å². The summed E-state index contributed by atoms with van der Waals surface area (Å²) < 4.78 is 36.0. The largest absolute Gasteiger partial charge is 0.437 e. The predicted octanol–water partition coefficient (Wildman–Crippen LogP) is 5.49. The molecule has 0 unspecified atom stereocenters. The summed E-state index contributed by atoms with van der Waals surface area (Å²) in [6, 6.07) is 6.94. The summed E-state index contributed by atoms with van der Waals surface area (Å²) in [6.07, 6.45) is 2.09. The van der Waals surface area contributed by atoms with Crippen LogP contribution in [-0.4, -0.2) is 4.98 Å². The molecule has 0 spiro atoms. The number of pyridine rings is 2. The summed E-state index contributed by atoms with van der Waals surface area (Å²) in [6.45, 7) is 8.19. The van der Waals surface area contributed by atoms with E-state index in [1.807, 2.05) is 37.6 Å². The number of furan rings is 1. The molecule has 0 amide bonds. The van der Waals surface area contributed by atoms with E-state index >= 15 is 0 Å². The lowest BCUT2D eigenvalue weighted by Gasteiger charge is -2.09. The van der Waals surface area contributed by atoms with Gasteiger partial charge in [-0.25, -0.2) is 8.96 Å². The molecule has 4 aromatic rings. The summed E-state index contributed by atoms with van der Waals surface area (Å²) in [5, 5.41) is 0.870. The molecule has 27 heavy (non-hydrogen) atoms. The Kier molecular flexibility index (Phi) is 3.98. The monoisotopic (exact) mass is 367 g/mol. The molecule has 0 aliphatic heterocycles. The summed E-state index contributed by atoms with van der Waals surface area (Å²) in [4.78, 5) is 3.76. The molecule has 138 valence electrons. The van der Waals surface area contributed by atoms with E-state index in [4.69, 9.17) is 4.42 Å². The van der Waals surface area contributed by atoms with E-state index in [2.05, 4.69) is 31.1 Å². The molecular weight excluding hydrogens is 346 g/mol. The van der Waals surface area contributed by atoms with E-state index in [0.717, 1.165) is 28.5 Å². The molecule has 0 saturated carbocycles. The van der Waals surface area contributed by atoms with Crippen molar-refractivity contribution >= 4 is 22.1 Å². The van der Waals surface area contributed by atoms with Gasteiger partial charge in [-0.15, -0.1) is 0 Å². The van der Waals surface area contributed by atoms with Gasteiger partial charge in [-0.3, -0.25) is 0 Å². The zero-order valence-electron chi connectivity index (χ0n) is 16.0. The first kappa shape index (κ1) is 17.6. The average Bonchev–Trinajstić information content (AvgIpc) is 2.95. The molecule has 0 radical (unpaired) electrons. The molecular formula is C22H21F2N2O+. The second-order valence-corrected chi connectivity index (χ2v) is 7.41. The van der Waals surface area contributed by atoms with Crippen LogP contribution in [0.1, 0.15) is 36.5 Å². The van der Waals surface area contributed by atoms with Crippen LogP contribution in [0.3, 0.4) is 0 Å². The van der Waals surface area contributed by atoms with Gasteiger partial charge in [-0.05, 0) is 37.0 Å². The van der Waals surface area contributed by atoms with Crippen molar-refractivity contribution in [2.75, 3.05) is 0 Å². The minimum absolute atomic E-state index is 0.0149. The van der Waals surface area contributed by atoms with Crippen LogP contribution >= 0.6 is 0 Å². The van der Waals surface area contributed by atoms with E-state index < -0.39 is 11.8 Å². The highest BCUT2D eigenvalue weighted by atomic mass is 19.1. The zero-order chi connectivity index (χ0) is 19.5. The molecule has 0 bridgehead atoms. The van der Waals surface area contributed by atoms with Gasteiger partial charge in [0.2, 0.25) is 17.4 Å². The Morgan fingerprint density at radius 3 is 2.44 bits per heavy atom. The fourth-order valence-corrected chi connectivity index (χ4v) is 3.77. The number of rotatable bonds is 2. The molecule has 0 atom stereocenters. The van der Waals surface area contributed by atoms with Gasteiger partial charge >= 0.3 is 0 Å². The van der Waals surface area contributed by atoms with Gasteiger partial charge in [0, 0.05) is 23.1 Å². The summed E-state index contributed by atoms with van der Waals surface area (Å²) >= 11 is 0. The maximum absolute atomic E-state index is 14.5. The van der Waals surface area contributed by atoms with Gasteiger partial charge < -0.3 is 4.42 Å². The fourth-order valence-electron chi connectivity index (χ4n) is 3.77. The second-order valence-electron chi connectivity index (χ2n) is 7.41. The highest BCUT2D eigenvalue weighted by Crippen LogP contribution is 2.39. The van der Waals surface area contributed by atoms with E-state index in [-0.39, 0.29) is 11.1 Å². The van der Waals surface area contributed by atoms with Crippen LogP contribution in [0.4, 0.5) is 8.78 Å². The first-order valence-electron chi connectivity index (χ1n) is 8.96. The fraction of sp³-hybridized carbons (Fsp3) is 0.273. The summed E-state index contributed by atoms with van der Waals surface area (Å²) in [5.41, 5.74) is 5.44. The quantitative estimate of drug-likeness (QED) is 0.346. The maximum atomic E-state index is 14.5. The Morgan fingerprint density at radius 1 is 1.04 bits per heavy atom. The number of nitrogens with zero attached hydrogens (tertiary/aromatic N) is 2. The van der Waals surface area contributed by atoms with Gasteiger partial charge in [-0.2, -0.15) is 9.37 Å². The summed E-state index contributed by atoms with van der Waals surface area (Å²) in [7, 11) is 1.98. The average molecular weight is 367 g/mol. The number of benzene rings is 1. The van der Waals surface area contributed by atoms with Crippen molar-refractivity contribution in [3.8, 4) is 11.3 Å². The molecule has 5 heteroatoms. The molecule has 0 fully saturated rings. The van der Waals surface area contributed by atoms with E-state index in [0.29, 0.717) is 16.9 Å². The number of aryl methyl sites for hydroxylation is 3. The minimum atomic E-state index is -0.887. The maximum Gasteiger partial charge on any atom is 0.232 e. The van der Waals surface area contributed by atoms with Gasteiger partial charge in [-0.1, -0.05) is 19.9 Å². The number of halogens is 2. The third kappa shape index (κ3) is 2.69. The first-order chi connectivity index (χ1) is 12.8. The van der Waals surface area contributed by atoms with Crippen LogP contribution in [0.15, 0.2) is 34.9 Å². The van der Waals surface area contributed by atoms with Crippen molar-refractivity contribution in [2.45, 2.75) is 33.6 Å². The highest BCUT2D eigenvalue weighted by molar-refractivity contribution is 6.10. The lowest BCUT2D eigenvalue weighted by atomic mass is 9.96. The molecule has 3 nitrogen and oxygen atoms in total. The zero-order valence-corrected chi connectivity index (χ0v) is 16.0. The van der Waals surface area contributed by atoms with E-state index in [9.17, 15) is 8.78 Å². The SMILES string of the molecule is Cc1cc(C)c2c(oc3nc(F)cc(F)c32)c1-c1ccc(C(C)C)c[n+]1C. The van der Waals surface area contributed by atoms with Crippen molar-refractivity contribution in [2.24, 2.45) is 7.05 Å². The van der Waals surface area contributed by atoms with Crippen molar-refractivity contribution in [3.05, 3.63) is 58.9 Å². The van der Waals surface area contributed by atoms with Gasteiger partial charge in [0.15, 0.2) is 11.8 Å². The highest BCUT2D eigenvalue weighted by Gasteiger charge is 2.25. The first-order valence-corrected chi connectivity index (χ1v) is 8.96. The van der Waals surface area contributed by atoms with Gasteiger partial charge in [0.25, 0.3) is 0 Å². The molecule has 1 aromatic carbocycles. The van der Waals surface area contributed by atoms with Crippen LogP contribution in [0.5, 0.6) is 0 Å². The standard InChI is InChI=1S/C22H21F2N2O/c1-11(2)14-6-7-16(26(5)10-14)18-12(3)8-13(4)19-20-15(23)9-17(24)25-22(20)27-21(18)19/h6-11H,1-5H3/q+1. The molecule has 0 aliphatic carbocycles. The van der Waals surface area contributed by atoms with Crippen LogP contribution in [-0.2, 0) is 7.05 Å². The number of hydrogen-bond donors (Lipinski definition) is 0. The Morgan fingerprint density at radius 2 is 1.78 bits per heavy atom. The lowest BCUT2D eigenvalue weighted by Crippen LogP contribution is -2.31. The molecule has 0 aliphatic rings. The van der Waals surface area contributed by atoms with Crippen molar-refractivity contribution < 1.29 is 17.8 Å². The minimum Gasteiger partial charge on any atom is -0.437 e. The number of fused-ring (bicyclic) bond motifs is 3. The van der Waals surface area contributed by atoms with E-state index in [1.54, 1.807) is 0 Å². The Bertz CT molecular complexity index is 1210. The number of aromatic nitrogens is 2. The van der Waals surface area contributed by atoms with Crippen molar-refractivity contribution in [1.29, 1.82) is 0 Å². The molecule has 0 N–H and O–H groups in total. The van der Waals surface area contributed by atoms with Crippen LogP contribution in [0.2, 0.25) is 0 Å². The van der Waals surface area contributed by atoms with E-state index in [1.165, 1.54) is 5.56 Å². The molecule has 3 heterocycles. The third-order valence-electron chi connectivity index (χ3n) is 5.11. The molecule has 3 aromatic heterocycles. The second kappa shape index (κ2) is 6.12. The topological polar surface area (TPSA) is 29.9 Å². The van der Waals surface area contributed by atoms with Crippen molar-refractivity contribution in [1.82, 2.24) is 4.98 Å². The Balaban J connectivity index is 2.12. The van der Waals surface area contributed by atoms with Gasteiger partial charge in [0.1, 0.15) is 12.9 Å². The normalized spacial score (nSPS) is 11.9. The molecule has 0 saturated heterocycles. The predicted molar refractivity (Wildman–Crippen MR) is 102 cm³/mol. The van der Waals surface area contributed by atoms with Crippen LogP contribution < -0.4 is 4.57 Å².